The zero-order valence-electron chi connectivity index (χ0n) is 19.0. The number of nitrogens with one attached hydrogen (secondary N) is 1. The summed E-state index contributed by atoms with van der Waals surface area (Å²) in [5, 5.41) is 2.61. The van der Waals surface area contributed by atoms with E-state index < -0.39 is 28.5 Å². The number of fused-ring (bicyclic) bond motifs is 1. The number of benzene rings is 3. The zero-order chi connectivity index (χ0) is 24.8. The van der Waals surface area contributed by atoms with Crippen LogP contribution in [0.4, 0.5) is 11.4 Å². The highest BCUT2D eigenvalue weighted by Crippen LogP contribution is 2.32. The fourth-order valence-electron chi connectivity index (χ4n) is 3.68. The minimum atomic E-state index is -3.68. The molecule has 1 aliphatic heterocycles. The lowest BCUT2D eigenvalue weighted by atomic mass is 10.2. The van der Waals surface area contributed by atoms with Crippen molar-refractivity contribution in [2.24, 2.45) is 0 Å². The minimum Gasteiger partial charge on any atom is -0.497 e. The summed E-state index contributed by atoms with van der Waals surface area (Å²) in [7, 11) is -2.16. The first-order valence-electron chi connectivity index (χ1n) is 10.9. The third-order valence-corrected chi connectivity index (χ3v) is 7.25. The predicted octanol–water partition coefficient (Wildman–Crippen LogP) is 3.64. The van der Waals surface area contributed by atoms with Gasteiger partial charge >= 0.3 is 5.97 Å². The van der Waals surface area contributed by atoms with Crippen LogP contribution < -0.4 is 14.4 Å². The van der Waals surface area contributed by atoms with Gasteiger partial charge < -0.3 is 14.8 Å². The van der Waals surface area contributed by atoms with Gasteiger partial charge in [-0.3, -0.25) is 9.10 Å². The number of carbonyl (C=O) groups is 2. The summed E-state index contributed by atoms with van der Waals surface area (Å²) in [5.74, 6) is -0.596. The molecular formula is C26H24N2O6S. The van der Waals surface area contributed by atoms with Crippen molar-refractivity contribution in [1.29, 1.82) is 0 Å². The van der Waals surface area contributed by atoms with Crippen molar-refractivity contribution < 1.29 is 27.5 Å². The maximum absolute atomic E-state index is 13.1. The average molecular weight is 493 g/mol. The second-order valence-corrected chi connectivity index (χ2v) is 9.61. The number of para-hydroxylation sites is 1. The van der Waals surface area contributed by atoms with Crippen LogP contribution in [0.1, 0.15) is 11.1 Å². The molecule has 0 saturated heterocycles. The molecule has 0 fully saturated rings. The molecule has 1 aliphatic rings. The number of hydrogen-bond donors (Lipinski definition) is 1. The van der Waals surface area contributed by atoms with E-state index >= 15 is 0 Å². The van der Waals surface area contributed by atoms with E-state index in [4.69, 9.17) is 9.47 Å². The molecule has 1 amide bonds. The quantitative estimate of drug-likeness (QED) is 0.381. The maximum Gasteiger partial charge on any atom is 0.331 e. The number of hydrogen-bond acceptors (Lipinski definition) is 6. The number of esters is 1. The third kappa shape index (κ3) is 5.70. The van der Waals surface area contributed by atoms with Crippen molar-refractivity contribution >= 4 is 39.4 Å². The Morgan fingerprint density at radius 1 is 1.03 bits per heavy atom. The highest BCUT2D eigenvalue weighted by Gasteiger charge is 2.30. The summed E-state index contributed by atoms with van der Waals surface area (Å²) in [6.45, 7) is -0.0462. The lowest BCUT2D eigenvalue weighted by Gasteiger charge is -2.19. The van der Waals surface area contributed by atoms with Crippen LogP contribution in [0.15, 0.2) is 83.8 Å². The molecule has 0 unspecified atom stereocenters. The molecule has 0 atom stereocenters. The first-order chi connectivity index (χ1) is 16.9. The second-order valence-electron chi connectivity index (χ2n) is 7.75. The molecule has 1 heterocycles. The van der Waals surface area contributed by atoms with Gasteiger partial charge in [-0.15, -0.1) is 0 Å². The monoisotopic (exact) mass is 492 g/mol. The average Bonchev–Trinajstić information content (AvgIpc) is 3.32. The topological polar surface area (TPSA) is 102 Å². The number of methoxy groups -OCH3 is 1. The molecule has 0 aromatic heterocycles. The molecule has 0 spiro atoms. The SMILES string of the molecule is COc1cccc(NC(=O)COC(=O)/C=C/c2ccc(S(=O)(=O)N3CCc4ccccc43)cc2)c1. The number of rotatable bonds is 8. The summed E-state index contributed by atoms with van der Waals surface area (Å²) >= 11 is 0. The minimum absolute atomic E-state index is 0.170. The molecule has 35 heavy (non-hydrogen) atoms. The molecule has 9 heteroatoms. The Balaban J connectivity index is 1.32. The standard InChI is InChI=1S/C26H24N2O6S/c1-33-22-7-4-6-21(17-22)27-25(29)18-34-26(30)14-11-19-9-12-23(13-10-19)35(31,32)28-16-15-20-5-2-3-8-24(20)28/h2-14,17H,15-16,18H2,1H3,(H,27,29)/b14-11+. The summed E-state index contributed by atoms with van der Waals surface area (Å²) < 4.78 is 37.6. The van der Waals surface area contributed by atoms with Gasteiger partial charge in [0.25, 0.3) is 15.9 Å². The third-order valence-electron chi connectivity index (χ3n) is 5.42. The summed E-state index contributed by atoms with van der Waals surface area (Å²) in [4.78, 5) is 24.1. The van der Waals surface area contributed by atoms with Crippen molar-refractivity contribution in [3.63, 3.8) is 0 Å². The van der Waals surface area contributed by atoms with E-state index in [1.807, 2.05) is 18.2 Å². The van der Waals surface area contributed by atoms with Gasteiger partial charge in [0.1, 0.15) is 5.75 Å². The Morgan fingerprint density at radius 3 is 2.57 bits per heavy atom. The molecule has 3 aromatic rings. The summed E-state index contributed by atoms with van der Waals surface area (Å²) in [6.07, 6.45) is 3.35. The van der Waals surface area contributed by atoms with Crippen LogP contribution in [0.25, 0.3) is 6.08 Å². The molecule has 0 radical (unpaired) electrons. The van der Waals surface area contributed by atoms with E-state index in [0.717, 1.165) is 5.56 Å². The zero-order valence-corrected chi connectivity index (χ0v) is 19.8. The van der Waals surface area contributed by atoms with Gasteiger partial charge in [-0.1, -0.05) is 36.4 Å². The smallest absolute Gasteiger partial charge is 0.331 e. The first-order valence-corrected chi connectivity index (χ1v) is 12.3. The molecule has 3 aromatic carbocycles. The summed E-state index contributed by atoms with van der Waals surface area (Å²) in [5.41, 5.74) is 2.85. The van der Waals surface area contributed by atoms with Crippen LogP contribution in [0.2, 0.25) is 0 Å². The first kappa shape index (κ1) is 24.0. The van der Waals surface area contributed by atoms with Gasteiger partial charge in [-0.2, -0.15) is 0 Å². The number of anilines is 2. The van der Waals surface area contributed by atoms with Crippen molar-refractivity contribution in [3.05, 3.63) is 90.0 Å². The fourth-order valence-corrected chi connectivity index (χ4v) is 5.19. The Kier molecular flexibility index (Phi) is 7.17. The highest BCUT2D eigenvalue weighted by molar-refractivity contribution is 7.92. The second kappa shape index (κ2) is 10.4. The van der Waals surface area contributed by atoms with Crippen molar-refractivity contribution in [2.45, 2.75) is 11.3 Å². The molecule has 0 bridgehead atoms. The Labute approximate surface area is 203 Å². The predicted molar refractivity (Wildman–Crippen MR) is 133 cm³/mol. The molecule has 8 nitrogen and oxygen atoms in total. The van der Waals surface area contributed by atoms with E-state index in [0.29, 0.717) is 35.7 Å². The fraction of sp³-hybridized carbons (Fsp3) is 0.154. The molecule has 1 N–H and O–H groups in total. The number of ether oxygens (including phenoxy) is 2. The number of carbonyl (C=O) groups excluding carboxylic acids is 2. The number of amides is 1. The van der Waals surface area contributed by atoms with E-state index in [1.165, 1.54) is 35.7 Å². The molecular weight excluding hydrogens is 468 g/mol. The Morgan fingerprint density at radius 2 is 1.80 bits per heavy atom. The summed E-state index contributed by atoms with van der Waals surface area (Å²) in [6, 6.07) is 20.5. The van der Waals surface area contributed by atoms with E-state index in [-0.39, 0.29) is 4.90 Å². The Bertz CT molecular complexity index is 1370. The van der Waals surface area contributed by atoms with Gasteiger partial charge in [-0.05, 0) is 54.0 Å². The van der Waals surface area contributed by atoms with Gasteiger partial charge in [0.2, 0.25) is 0 Å². The Hall–Kier alpha value is -4.11. The highest BCUT2D eigenvalue weighted by atomic mass is 32.2. The van der Waals surface area contributed by atoms with Gasteiger partial charge in [0, 0.05) is 24.4 Å². The lowest BCUT2D eigenvalue weighted by molar-refractivity contribution is -0.142. The normalized spacial score (nSPS) is 12.9. The number of sulfonamides is 1. The van der Waals surface area contributed by atoms with E-state index in [9.17, 15) is 18.0 Å². The van der Waals surface area contributed by atoms with Crippen LogP contribution in [0, 0.1) is 0 Å². The van der Waals surface area contributed by atoms with Crippen LogP contribution in [-0.4, -0.2) is 40.6 Å². The molecule has 0 saturated carbocycles. The van der Waals surface area contributed by atoms with E-state index in [1.54, 1.807) is 42.5 Å². The van der Waals surface area contributed by atoms with Crippen molar-refractivity contribution in [2.75, 3.05) is 29.9 Å². The lowest BCUT2D eigenvalue weighted by Crippen LogP contribution is -2.29. The van der Waals surface area contributed by atoms with Crippen molar-refractivity contribution in [3.8, 4) is 5.75 Å². The largest absolute Gasteiger partial charge is 0.497 e. The molecule has 4 rings (SSSR count). The van der Waals surface area contributed by atoms with Crippen LogP contribution in [0.3, 0.4) is 0 Å². The van der Waals surface area contributed by atoms with Crippen molar-refractivity contribution in [1.82, 2.24) is 0 Å². The van der Waals surface area contributed by atoms with Crippen LogP contribution >= 0.6 is 0 Å². The van der Waals surface area contributed by atoms with Crippen LogP contribution in [0.5, 0.6) is 5.75 Å². The van der Waals surface area contributed by atoms with Gasteiger partial charge in [-0.25, -0.2) is 13.2 Å². The van der Waals surface area contributed by atoms with Gasteiger partial charge in [0.15, 0.2) is 6.61 Å². The number of nitrogens with zero attached hydrogens (tertiary/aromatic N) is 1. The van der Waals surface area contributed by atoms with E-state index in [2.05, 4.69) is 5.32 Å². The van der Waals surface area contributed by atoms with Crippen LogP contribution in [-0.2, 0) is 30.8 Å². The molecule has 180 valence electrons. The molecule has 0 aliphatic carbocycles. The van der Waals surface area contributed by atoms with Gasteiger partial charge in [0.05, 0.1) is 17.7 Å². The maximum atomic E-state index is 13.1.